The second-order valence-corrected chi connectivity index (χ2v) is 5.95. The minimum Gasteiger partial charge on any atom is -0.316 e. The Bertz CT molecular complexity index is 205. The highest BCUT2D eigenvalue weighted by Crippen LogP contribution is 2.34. The molecule has 1 aliphatic heterocycles. The van der Waals surface area contributed by atoms with Crippen LogP contribution >= 0.6 is 0 Å². The van der Waals surface area contributed by atoms with Crippen LogP contribution in [0.1, 0.15) is 46.0 Å². The van der Waals surface area contributed by atoms with Gasteiger partial charge in [0.25, 0.3) is 0 Å². The van der Waals surface area contributed by atoms with Crippen molar-refractivity contribution in [1.82, 2.24) is 10.2 Å². The van der Waals surface area contributed by atoms with E-state index in [1.165, 1.54) is 64.8 Å². The molecule has 0 radical (unpaired) electrons. The third-order valence-corrected chi connectivity index (χ3v) is 4.33. The number of hydrogen-bond donors (Lipinski definition) is 1. The summed E-state index contributed by atoms with van der Waals surface area (Å²) in [5.41, 5.74) is 0.597. The third kappa shape index (κ3) is 3.21. The van der Waals surface area contributed by atoms with Crippen LogP contribution in [-0.2, 0) is 0 Å². The summed E-state index contributed by atoms with van der Waals surface area (Å²) in [5.74, 6) is 1.04. The zero-order valence-corrected chi connectivity index (χ0v) is 11.1. The Morgan fingerprint density at radius 2 is 2.12 bits per heavy atom. The fraction of sp³-hybridized carbons (Fsp3) is 1.00. The Balaban J connectivity index is 1.86. The first-order valence-electron chi connectivity index (χ1n) is 7.21. The molecule has 0 spiro atoms. The molecule has 2 nitrogen and oxygen atoms in total. The van der Waals surface area contributed by atoms with E-state index in [1.54, 1.807) is 0 Å². The smallest absolute Gasteiger partial charge is 0.00506 e. The van der Waals surface area contributed by atoms with Gasteiger partial charge < -0.3 is 10.2 Å². The monoisotopic (exact) mass is 224 g/mol. The molecule has 1 saturated carbocycles. The zero-order chi connectivity index (χ0) is 11.4. The van der Waals surface area contributed by atoms with Crippen LogP contribution in [0.2, 0.25) is 0 Å². The predicted molar refractivity (Wildman–Crippen MR) is 69.7 cm³/mol. The molecule has 1 aliphatic carbocycles. The van der Waals surface area contributed by atoms with Crippen LogP contribution in [0, 0.1) is 11.3 Å². The highest BCUT2D eigenvalue weighted by molar-refractivity contribution is 4.91. The molecule has 1 N–H and O–H groups in total. The molecular formula is C14H28N2. The summed E-state index contributed by atoms with van der Waals surface area (Å²) >= 11 is 0. The maximum atomic E-state index is 3.57. The normalized spacial score (nSPS) is 30.2. The summed E-state index contributed by atoms with van der Waals surface area (Å²) in [6.07, 6.45) is 7.09. The van der Waals surface area contributed by atoms with Crippen molar-refractivity contribution in [3.63, 3.8) is 0 Å². The van der Waals surface area contributed by atoms with Crippen LogP contribution in [0.3, 0.4) is 0 Å². The van der Waals surface area contributed by atoms with Crippen molar-refractivity contribution in [3.8, 4) is 0 Å². The van der Waals surface area contributed by atoms with Crippen molar-refractivity contribution < 1.29 is 0 Å². The van der Waals surface area contributed by atoms with Crippen LogP contribution in [0.5, 0.6) is 0 Å². The van der Waals surface area contributed by atoms with Gasteiger partial charge in [0.05, 0.1) is 0 Å². The highest BCUT2D eigenvalue weighted by atomic mass is 15.1. The first-order valence-corrected chi connectivity index (χ1v) is 7.21. The van der Waals surface area contributed by atoms with Crippen LogP contribution < -0.4 is 5.32 Å². The Hall–Kier alpha value is -0.0800. The Morgan fingerprint density at radius 3 is 2.62 bits per heavy atom. The Labute approximate surface area is 101 Å². The molecule has 0 aromatic carbocycles. The van der Waals surface area contributed by atoms with Gasteiger partial charge in [-0.25, -0.2) is 0 Å². The van der Waals surface area contributed by atoms with E-state index >= 15 is 0 Å². The fourth-order valence-electron chi connectivity index (χ4n) is 3.20. The summed E-state index contributed by atoms with van der Waals surface area (Å²) in [6, 6.07) is 0. The van der Waals surface area contributed by atoms with Crippen molar-refractivity contribution in [1.29, 1.82) is 0 Å². The van der Waals surface area contributed by atoms with E-state index in [4.69, 9.17) is 0 Å². The van der Waals surface area contributed by atoms with Crippen molar-refractivity contribution in [2.45, 2.75) is 46.0 Å². The molecule has 2 aliphatic rings. The lowest BCUT2D eigenvalue weighted by Gasteiger charge is -2.34. The van der Waals surface area contributed by atoms with Gasteiger partial charge in [-0.05, 0) is 50.1 Å². The van der Waals surface area contributed by atoms with Crippen molar-refractivity contribution in [2.24, 2.45) is 11.3 Å². The first-order chi connectivity index (χ1) is 7.78. The number of nitrogens with zero attached hydrogens (tertiary/aromatic N) is 1. The maximum Gasteiger partial charge on any atom is 0.00506 e. The topological polar surface area (TPSA) is 15.3 Å². The van der Waals surface area contributed by atoms with Gasteiger partial charge in [-0.1, -0.05) is 20.3 Å². The summed E-state index contributed by atoms with van der Waals surface area (Å²) < 4.78 is 0. The summed E-state index contributed by atoms with van der Waals surface area (Å²) in [4.78, 5) is 2.71. The zero-order valence-electron chi connectivity index (χ0n) is 11.1. The molecule has 0 amide bonds. The summed E-state index contributed by atoms with van der Waals surface area (Å²) in [6.45, 7) is 11.1. The molecule has 2 fully saturated rings. The molecule has 2 rings (SSSR count). The van der Waals surface area contributed by atoms with E-state index < -0.39 is 0 Å². The summed E-state index contributed by atoms with van der Waals surface area (Å²) in [7, 11) is 0. The third-order valence-electron chi connectivity index (χ3n) is 4.33. The van der Waals surface area contributed by atoms with Gasteiger partial charge >= 0.3 is 0 Å². The second-order valence-electron chi connectivity index (χ2n) is 5.95. The molecule has 1 unspecified atom stereocenters. The van der Waals surface area contributed by atoms with E-state index in [-0.39, 0.29) is 0 Å². The van der Waals surface area contributed by atoms with Crippen LogP contribution in [0.25, 0.3) is 0 Å². The van der Waals surface area contributed by atoms with Crippen LogP contribution in [0.15, 0.2) is 0 Å². The van der Waals surface area contributed by atoms with Gasteiger partial charge in [0.2, 0.25) is 0 Å². The molecule has 16 heavy (non-hydrogen) atoms. The van der Waals surface area contributed by atoms with Gasteiger partial charge in [0.15, 0.2) is 0 Å². The van der Waals surface area contributed by atoms with Crippen LogP contribution in [0.4, 0.5) is 0 Å². The van der Waals surface area contributed by atoms with Crippen molar-refractivity contribution in [3.05, 3.63) is 0 Å². The van der Waals surface area contributed by atoms with Crippen molar-refractivity contribution >= 4 is 0 Å². The van der Waals surface area contributed by atoms with E-state index in [1.807, 2.05) is 0 Å². The average molecular weight is 224 g/mol. The van der Waals surface area contributed by atoms with Gasteiger partial charge in [-0.15, -0.1) is 0 Å². The fourth-order valence-corrected chi connectivity index (χ4v) is 3.20. The Morgan fingerprint density at radius 1 is 1.31 bits per heavy atom. The molecule has 0 aromatic heterocycles. The molecule has 2 heteroatoms. The second kappa shape index (κ2) is 5.50. The maximum absolute atomic E-state index is 3.57. The van der Waals surface area contributed by atoms with Gasteiger partial charge in [0.1, 0.15) is 0 Å². The number of nitrogens with one attached hydrogen (secondary N) is 1. The van der Waals surface area contributed by atoms with Gasteiger partial charge in [0, 0.05) is 19.6 Å². The first kappa shape index (κ1) is 12.4. The molecular weight excluding hydrogens is 196 g/mol. The van der Waals surface area contributed by atoms with Crippen LogP contribution in [-0.4, -0.2) is 37.6 Å². The molecule has 1 atom stereocenters. The largest absolute Gasteiger partial charge is 0.316 e. The lowest BCUT2D eigenvalue weighted by atomic mass is 9.82. The quantitative estimate of drug-likeness (QED) is 0.715. The predicted octanol–water partition coefficient (Wildman–Crippen LogP) is 2.50. The van der Waals surface area contributed by atoms with Crippen molar-refractivity contribution in [2.75, 3.05) is 32.7 Å². The highest BCUT2D eigenvalue weighted by Gasteiger charge is 2.35. The van der Waals surface area contributed by atoms with Gasteiger partial charge in [-0.2, -0.15) is 0 Å². The average Bonchev–Trinajstić information content (AvgIpc) is 2.98. The standard InChI is InChI=1S/C14H28N2/c1-3-7-14(8-9-15-11-14)12-16(4-2)10-13-5-6-13/h13,15H,3-12H2,1-2H3. The molecule has 94 valence electrons. The SMILES string of the molecule is CCCC1(CN(CC)CC2CC2)CCNC1. The number of rotatable bonds is 7. The van der Waals surface area contributed by atoms with E-state index in [0.29, 0.717) is 5.41 Å². The lowest BCUT2D eigenvalue weighted by molar-refractivity contribution is 0.153. The molecule has 0 bridgehead atoms. The molecule has 1 saturated heterocycles. The number of hydrogen-bond acceptors (Lipinski definition) is 2. The minimum atomic E-state index is 0.597. The molecule has 1 heterocycles. The van der Waals surface area contributed by atoms with E-state index in [0.717, 1.165) is 5.92 Å². The lowest BCUT2D eigenvalue weighted by Crippen LogP contribution is -2.40. The molecule has 0 aromatic rings. The Kier molecular flexibility index (Phi) is 4.26. The van der Waals surface area contributed by atoms with E-state index in [9.17, 15) is 0 Å². The summed E-state index contributed by atoms with van der Waals surface area (Å²) in [5, 5.41) is 3.57. The minimum absolute atomic E-state index is 0.597. The van der Waals surface area contributed by atoms with E-state index in [2.05, 4.69) is 24.1 Å². The van der Waals surface area contributed by atoms with Gasteiger partial charge in [-0.3, -0.25) is 0 Å².